The Kier molecular flexibility index (Phi) is 6.36. The molecule has 19 heavy (non-hydrogen) atoms. The van der Waals surface area contributed by atoms with Gasteiger partial charge in [-0.05, 0) is 37.0 Å². The number of carbonyl (C=O) groups is 1. The van der Waals surface area contributed by atoms with Crippen LogP contribution in [0.2, 0.25) is 0 Å². The highest BCUT2D eigenvalue weighted by atomic mass is 16.5. The Labute approximate surface area is 115 Å². The minimum Gasteiger partial charge on any atom is -0.494 e. The topological polar surface area (TPSA) is 64.3 Å². The lowest BCUT2D eigenvalue weighted by atomic mass is 10.0. The lowest BCUT2D eigenvalue weighted by Crippen LogP contribution is -2.41. The Balaban J connectivity index is 2.47. The molecule has 0 saturated carbocycles. The fourth-order valence-corrected chi connectivity index (χ4v) is 1.85. The summed E-state index contributed by atoms with van der Waals surface area (Å²) in [5.41, 5.74) is 6.83. The number of hydrogen-bond donors (Lipinski definition) is 2. The minimum absolute atomic E-state index is 0.101. The molecule has 0 heterocycles. The lowest BCUT2D eigenvalue weighted by molar-refractivity contribution is -0.122. The number of amides is 1. The number of carbonyl (C=O) groups excluding carboxylic acids is 1. The molecule has 0 saturated heterocycles. The van der Waals surface area contributed by atoms with Crippen LogP contribution in [0.3, 0.4) is 0 Å². The molecule has 1 aromatic rings. The van der Waals surface area contributed by atoms with Crippen molar-refractivity contribution in [3.05, 3.63) is 29.8 Å². The van der Waals surface area contributed by atoms with E-state index in [2.05, 4.69) is 19.2 Å². The summed E-state index contributed by atoms with van der Waals surface area (Å²) in [6.07, 6.45) is 0.699. The molecule has 0 aromatic heterocycles. The van der Waals surface area contributed by atoms with Crippen LogP contribution in [0.5, 0.6) is 5.75 Å². The number of nitrogens with two attached hydrogens (primary N) is 1. The van der Waals surface area contributed by atoms with Crippen molar-refractivity contribution in [3.63, 3.8) is 0 Å². The van der Waals surface area contributed by atoms with E-state index in [9.17, 15) is 4.79 Å². The molecule has 0 fully saturated rings. The fraction of sp³-hybridized carbons (Fsp3) is 0.533. The van der Waals surface area contributed by atoms with Crippen LogP contribution < -0.4 is 15.8 Å². The van der Waals surface area contributed by atoms with Gasteiger partial charge in [0, 0.05) is 6.54 Å². The average molecular weight is 264 g/mol. The van der Waals surface area contributed by atoms with Crippen molar-refractivity contribution >= 4 is 5.91 Å². The Bertz CT molecular complexity index is 405. The molecule has 0 spiro atoms. The molecule has 0 aliphatic carbocycles. The first kappa shape index (κ1) is 15.5. The van der Waals surface area contributed by atoms with Gasteiger partial charge in [0.2, 0.25) is 5.91 Å². The van der Waals surface area contributed by atoms with Gasteiger partial charge in [0.1, 0.15) is 5.75 Å². The standard InChI is InChI=1S/C15H24N2O2/c1-4-19-13-7-5-6-12(9-13)10-17-15(18)14(16)8-11(2)3/h5-7,9,11,14H,4,8,10,16H2,1-3H3,(H,17,18). The van der Waals surface area contributed by atoms with Gasteiger partial charge in [-0.2, -0.15) is 0 Å². The molecule has 3 N–H and O–H groups in total. The summed E-state index contributed by atoms with van der Waals surface area (Å²) < 4.78 is 5.42. The molecule has 4 nitrogen and oxygen atoms in total. The molecule has 0 aliphatic heterocycles. The van der Waals surface area contributed by atoms with E-state index in [4.69, 9.17) is 10.5 Å². The van der Waals surface area contributed by atoms with Gasteiger partial charge < -0.3 is 15.8 Å². The third-order valence-electron chi connectivity index (χ3n) is 2.74. The third kappa shape index (κ3) is 5.75. The molecular weight excluding hydrogens is 240 g/mol. The summed E-state index contributed by atoms with van der Waals surface area (Å²) >= 11 is 0. The fourth-order valence-electron chi connectivity index (χ4n) is 1.85. The SMILES string of the molecule is CCOc1cccc(CNC(=O)C(N)CC(C)C)c1. The summed E-state index contributed by atoms with van der Waals surface area (Å²) in [7, 11) is 0. The van der Waals surface area contributed by atoms with E-state index in [-0.39, 0.29) is 5.91 Å². The summed E-state index contributed by atoms with van der Waals surface area (Å²) in [6.45, 7) is 7.16. The van der Waals surface area contributed by atoms with E-state index in [1.807, 2.05) is 31.2 Å². The molecule has 0 radical (unpaired) electrons. The number of hydrogen-bond acceptors (Lipinski definition) is 3. The Hall–Kier alpha value is -1.55. The lowest BCUT2D eigenvalue weighted by Gasteiger charge is -2.14. The molecular formula is C15H24N2O2. The molecule has 1 aromatic carbocycles. The van der Waals surface area contributed by atoms with Gasteiger partial charge in [-0.1, -0.05) is 26.0 Å². The van der Waals surface area contributed by atoms with Crippen LogP contribution in [0.4, 0.5) is 0 Å². The Morgan fingerprint density at radius 2 is 2.16 bits per heavy atom. The van der Waals surface area contributed by atoms with Crippen molar-refractivity contribution in [2.24, 2.45) is 11.7 Å². The van der Waals surface area contributed by atoms with Gasteiger partial charge in [0.05, 0.1) is 12.6 Å². The van der Waals surface area contributed by atoms with Gasteiger partial charge in [-0.15, -0.1) is 0 Å². The van der Waals surface area contributed by atoms with E-state index in [1.54, 1.807) is 0 Å². The molecule has 1 unspecified atom stereocenters. The third-order valence-corrected chi connectivity index (χ3v) is 2.74. The van der Waals surface area contributed by atoms with Gasteiger partial charge in [0.25, 0.3) is 0 Å². The Morgan fingerprint density at radius 1 is 1.42 bits per heavy atom. The van der Waals surface area contributed by atoms with Crippen molar-refractivity contribution < 1.29 is 9.53 Å². The first-order valence-electron chi connectivity index (χ1n) is 6.78. The number of nitrogens with one attached hydrogen (secondary N) is 1. The number of benzene rings is 1. The predicted octanol–water partition coefficient (Wildman–Crippen LogP) is 2.07. The zero-order valence-electron chi connectivity index (χ0n) is 12.0. The van der Waals surface area contributed by atoms with Crippen LogP contribution in [0, 0.1) is 5.92 Å². The van der Waals surface area contributed by atoms with Gasteiger partial charge >= 0.3 is 0 Å². The zero-order valence-corrected chi connectivity index (χ0v) is 12.0. The molecule has 1 rings (SSSR count). The second-order valence-corrected chi connectivity index (χ2v) is 5.03. The average Bonchev–Trinajstić information content (AvgIpc) is 2.36. The van der Waals surface area contributed by atoms with E-state index in [1.165, 1.54) is 0 Å². The van der Waals surface area contributed by atoms with Crippen LogP contribution >= 0.6 is 0 Å². The molecule has 1 atom stereocenters. The van der Waals surface area contributed by atoms with Crippen molar-refractivity contribution in [1.29, 1.82) is 0 Å². The van der Waals surface area contributed by atoms with Gasteiger partial charge in [-0.3, -0.25) is 4.79 Å². The molecule has 4 heteroatoms. The summed E-state index contributed by atoms with van der Waals surface area (Å²) in [5, 5.41) is 2.85. The smallest absolute Gasteiger partial charge is 0.237 e. The zero-order chi connectivity index (χ0) is 14.3. The van der Waals surface area contributed by atoms with E-state index in [0.717, 1.165) is 11.3 Å². The van der Waals surface area contributed by atoms with Crippen molar-refractivity contribution in [1.82, 2.24) is 5.32 Å². The highest BCUT2D eigenvalue weighted by Crippen LogP contribution is 2.13. The maximum atomic E-state index is 11.8. The second-order valence-electron chi connectivity index (χ2n) is 5.03. The highest BCUT2D eigenvalue weighted by molar-refractivity contribution is 5.81. The van der Waals surface area contributed by atoms with E-state index >= 15 is 0 Å². The van der Waals surface area contributed by atoms with Crippen LogP contribution in [-0.4, -0.2) is 18.6 Å². The van der Waals surface area contributed by atoms with Crippen LogP contribution in [0.15, 0.2) is 24.3 Å². The second kappa shape index (κ2) is 7.79. The van der Waals surface area contributed by atoms with Gasteiger partial charge in [-0.25, -0.2) is 0 Å². The van der Waals surface area contributed by atoms with Crippen molar-refractivity contribution in [3.8, 4) is 5.75 Å². The van der Waals surface area contributed by atoms with Crippen molar-refractivity contribution in [2.75, 3.05) is 6.61 Å². The number of rotatable bonds is 7. The maximum Gasteiger partial charge on any atom is 0.237 e. The predicted molar refractivity (Wildman–Crippen MR) is 76.9 cm³/mol. The first-order valence-corrected chi connectivity index (χ1v) is 6.78. The normalized spacial score (nSPS) is 12.3. The van der Waals surface area contributed by atoms with Crippen LogP contribution in [0.25, 0.3) is 0 Å². The van der Waals surface area contributed by atoms with Crippen LogP contribution in [-0.2, 0) is 11.3 Å². The maximum absolute atomic E-state index is 11.8. The molecule has 1 amide bonds. The summed E-state index contributed by atoms with van der Waals surface area (Å²) in [5.74, 6) is 1.14. The van der Waals surface area contributed by atoms with Gasteiger partial charge in [0.15, 0.2) is 0 Å². The minimum atomic E-state index is -0.435. The molecule has 0 aliphatic rings. The molecule has 106 valence electrons. The largest absolute Gasteiger partial charge is 0.494 e. The Morgan fingerprint density at radius 3 is 2.79 bits per heavy atom. The van der Waals surface area contributed by atoms with Crippen LogP contribution in [0.1, 0.15) is 32.8 Å². The highest BCUT2D eigenvalue weighted by Gasteiger charge is 2.14. The molecule has 0 bridgehead atoms. The van der Waals surface area contributed by atoms with Crippen molar-refractivity contribution in [2.45, 2.75) is 39.8 Å². The van der Waals surface area contributed by atoms with E-state index < -0.39 is 6.04 Å². The first-order chi connectivity index (χ1) is 9.02. The monoisotopic (exact) mass is 264 g/mol. The van der Waals surface area contributed by atoms with E-state index in [0.29, 0.717) is 25.5 Å². The summed E-state index contributed by atoms with van der Waals surface area (Å²) in [4.78, 5) is 11.8. The summed E-state index contributed by atoms with van der Waals surface area (Å²) in [6, 6.07) is 7.27. The quantitative estimate of drug-likeness (QED) is 0.792. The number of ether oxygens (including phenoxy) is 1.